The second-order valence-corrected chi connectivity index (χ2v) is 5.71. The molecular weight excluding hydrogens is 286 g/mol. The number of nitrogens with two attached hydrogens (primary N) is 1. The Bertz CT molecular complexity index is 570. The van der Waals surface area contributed by atoms with Crippen LogP contribution >= 0.6 is 11.6 Å². The molecule has 1 aromatic heterocycles. The van der Waals surface area contributed by atoms with Crippen molar-refractivity contribution in [3.8, 4) is 5.75 Å². The molecule has 0 aliphatic carbocycles. The van der Waals surface area contributed by atoms with E-state index in [0.717, 1.165) is 17.9 Å². The van der Waals surface area contributed by atoms with Crippen LogP contribution in [0, 0.1) is 0 Å². The molecule has 114 valence electrons. The summed E-state index contributed by atoms with van der Waals surface area (Å²) in [5.41, 5.74) is 7.10. The summed E-state index contributed by atoms with van der Waals surface area (Å²) in [5.74, 6) is 0.739. The van der Waals surface area contributed by atoms with Gasteiger partial charge in [0, 0.05) is 29.7 Å². The Morgan fingerprint density at radius 1 is 1.38 bits per heavy atom. The van der Waals surface area contributed by atoms with Gasteiger partial charge in [-0.05, 0) is 37.6 Å². The van der Waals surface area contributed by atoms with Gasteiger partial charge < -0.3 is 10.5 Å². The lowest BCUT2D eigenvalue weighted by Crippen LogP contribution is -2.30. The molecule has 0 amide bonds. The molecule has 2 atom stereocenters. The van der Waals surface area contributed by atoms with Crippen molar-refractivity contribution in [2.75, 3.05) is 6.61 Å². The molecule has 0 aliphatic heterocycles. The zero-order chi connectivity index (χ0) is 15.2. The van der Waals surface area contributed by atoms with Crippen molar-refractivity contribution in [1.82, 2.24) is 9.78 Å². The standard InChI is InChI=1S/C16H22ClN3O/c1-3-12(2)20-8-7-15(19-20)10-14(18)11-21-16-6-4-5-13(17)9-16/h4-9,12,14H,3,10-11,18H2,1-2H3. The highest BCUT2D eigenvalue weighted by Gasteiger charge is 2.10. The van der Waals surface area contributed by atoms with Crippen LogP contribution in [0.15, 0.2) is 36.5 Å². The zero-order valence-corrected chi connectivity index (χ0v) is 13.3. The van der Waals surface area contributed by atoms with Gasteiger partial charge in [-0.15, -0.1) is 0 Å². The van der Waals surface area contributed by atoms with Crippen LogP contribution in [-0.4, -0.2) is 22.4 Å². The van der Waals surface area contributed by atoms with E-state index in [9.17, 15) is 0 Å². The molecule has 21 heavy (non-hydrogen) atoms. The quantitative estimate of drug-likeness (QED) is 0.852. The van der Waals surface area contributed by atoms with E-state index in [1.807, 2.05) is 35.1 Å². The van der Waals surface area contributed by atoms with Crippen LogP contribution in [-0.2, 0) is 6.42 Å². The van der Waals surface area contributed by atoms with Crippen molar-refractivity contribution in [2.45, 2.75) is 38.8 Å². The lowest BCUT2D eigenvalue weighted by molar-refractivity contribution is 0.286. The Morgan fingerprint density at radius 2 is 2.19 bits per heavy atom. The molecule has 2 N–H and O–H groups in total. The third-order valence-electron chi connectivity index (χ3n) is 3.44. The first-order valence-corrected chi connectivity index (χ1v) is 7.64. The summed E-state index contributed by atoms with van der Waals surface area (Å²) in [7, 11) is 0. The molecule has 1 heterocycles. The lowest BCUT2D eigenvalue weighted by Gasteiger charge is -2.12. The molecule has 2 aromatic rings. The summed E-state index contributed by atoms with van der Waals surface area (Å²) in [6, 6.07) is 9.67. The number of nitrogens with zero attached hydrogens (tertiary/aromatic N) is 2. The van der Waals surface area contributed by atoms with E-state index in [0.29, 0.717) is 24.1 Å². The molecule has 5 heteroatoms. The topological polar surface area (TPSA) is 53.1 Å². The van der Waals surface area contributed by atoms with E-state index in [-0.39, 0.29) is 6.04 Å². The van der Waals surface area contributed by atoms with Gasteiger partial charge in [-0.2, -0.15) is 5.10 Å². The molecule has 0 spiro atoms. The molecule has 0 radical (unpaired) electrons. The maximum Gasteiger partial charge on any atom is 0.120 e. The zero-order valence-electron chi connectivity index (χ0n) is 12.5. The minimum Gasteiger partial charge on any atom is -0.492 e. The Morgan fingerprint density at radius 3 is 2.90 bits per heavy atom. The maximum absolute atomic E-state index is 6.10. The van der Waals surface area contributed by atoms with Gasteiger partial charge in [-0.1, -0.05) is 24.6 Å². The SMILES string of the molecule is CCC(C)n1ccc(CC(N)COc2cccc(Cl)c2)n1. The van der Waals surface area contributed by atoms with E-state index in [1.54, 1.807) is 6.07 Å². The monoisotopic (exact) mass is 307 g/mol. The summed E-state index contributed by atoms with van der Waals surface area (Å²) >= 11 is 5.91. The third-order valence-corrected chi connectivity index (χ3v) is 3.67. The fourth-order valence-electron chi connectivity index (χ4n) is 2.01. The Hall–Kier alpha value is -1.52. The number of halogens is 1. The first-order chi connectivity index (χ1) is 10.1. The summed E-state index contributed by atoms with van der Waals surface area (Å²) in [5, 5.41) is 5.21. The Kier molecular flexibility index (Phi) is 5.65. The Labute approximate surface area is 130 Å². The summed E-state index contributed by atoms with van der Waals surface area (Å²) in [6.07, 6.45) is 3.77. The van der Waals surface area contributed by atoms with E-state index >= 15 is 0 Å². The van der Waals surface area contributed by atoms with Crippen LogP contribution in [0.3, 0.4) is 0 Å². The minimum absolute atomic E-state index is 0.0933. The first-order valence-electron chi connectivity index (χ1n) is 7.26. The van der Waals surface area contributed by atoms with Gasteiger partial charge in [-0.25, -0.2) is 0 Å². The van der Waals surface area contributed by atoms with Crippen LogP contribution in [0.1, 0.15) is 32.0 Å². The van der Waals surface area contributed by atoms with Crippen molar-refractivity contribution < 1.29 is 4.74 Å². The van der Waals surface area contributed by atoms with Gasteiger partial charge in [0.15, 0.2) is 0 Å². The first kappa shape index (κ1) is 15.9. The molecule has 2 unspecified atom stereocenters. The number of hydrogen-bond donors (Lipinski definition) is 1. The smallest absolute Gasteiger partial charge is 0.120 e. The van der Waals surface area contributed by atoms with Gasteiger partial charge >= 0.3 is 0 Å². The van der Waals surface area contributed by atoms with Crippen LogP contribution < -0.4 is 10.5 Å². The van der Waals surface area contributed by atoms with Crippen molar-refractivity contribution in [3.63, 3.8) is 0 Å². The van der Waals surface area contributed by atoms with Crippen LogP contribution in [0.25, 0.3) is 0 Å². The molecular formula is C16H22ClN3O. The predicted molar refractivity (Wildman–Crippen MR) is 85.9 cm³/mol. The Balaban J connectivity index is 1.84. The third kappa shape index (κ3) is 4.76. The highest BCUT2D eigenvalue weighted by Crippen LogP contribution is 2.17. The van der Waals surface area contributed by atoms with Crippen molar-refractivity contribution >= 4 is 11.6 Å². The van der Waals surface area contributed by atoms with Crippen molar-refractivity contribution in [3.05, 3.63) is 47.2 Å². The van der Waals surface area contributed by atoms with Crippen LogP contribution in [0.2, 0.25) is 5.02 Å². The van der Waals surface area contributed by atoms with Gasteiger partial charge in [0.1, 0.15) is 12.4 Å². The number of benzene rings is 1. The van der Waals surface area contributed by atoms with Crippen LogP contribution in [0.5, 0.6) is 5.75 Å². The second-order valence-electron chi connectivity index (χ2n) is 5.28. The molecule has 0 fully saturated rings. The second kappa shape index (κ2) is 7.48. The van der Waals surface area contributed by atoms with Crippen LogP contribution in [0.4, 0.5) is 0 Å². The molecule has 4 nitrogen and oxygen atoms in total. The summed E-state index contributed by atoms with van der Waals surface area (Å²) in [4.78, 5) is 0. The van der Waals surface area contributed by atoms with E-state index in [4.69, 9.17) is 22.1 Å². The van der Waals surface area contributed by atoms with E-state index in [2.05, 4.69) is 18.9 Å². The number of ether oxygens (including phenoxy) is 1. The lowest BCUT2D eigenvalue weighted by atomic mass is 10.2. The average molecular weight is 308 g/mol. The highest BCUT2D eigenvalue weighted by atomic mass is 35.5. The predicted octanol–water partition coefficient (Wildman–Crippen LogP) is 3.46. The number of rotatable bonds is 7. The van der Waals surface area contributed by atoms with Crippen molar-refractivity contribution in [1.29, 1.82) is 0 Å². The molecule has 0 saturated heterocycles. The molecule has 0 aliphatic rings. The van der Waals surface area contributed by atoms with Gasteiger partial charge in [-0.3, -0.25) is 4.68 Å². The molecule has 1 aromatic carbocycles. The summed E-state index contributed by atoms with van der Waals surface area (Å²) in [6.45, 7) is 4.74. The normalized spacial score (nSPS) is 13.9. The van der Waals surface area contributed by atoms with Gasteiger partial charge in [0.25, 0.3) is 0 Å². The fourth-order valence-corrected chi connectivity index (χ4v) is 2.19. The minimum atomic E-state index is -0.0933. The van der Waals surface area contributed by atoms with E-state index < -0.39 is 0 Å². The largest absolute Gasteiger partial charge is 0.492 e. The molecule has 0 saturated carbocycles. The van der Waals surface area contributed by atoms with Crippen molar-refractivity contribution in [2.24, 2.45) is 5.73 Å². The molecule has 0 bridgehead atoms. The molecule has 2 rings (SSSR count). The number of aromatic nitrogens is 2. The maximum atomic E-state index is 6.10. The van der Waals surface area contributed by atoms with E-state index in [1.165, 1.54) is 0 Å². The van der Waals surface area contributed by atoms with Gasteiger partial charge in [0.2, 0.25) is 0 Å². The number of hydrogen-bond acceptors (Lipinski definition) is 3. The fraction of sp³-hybridized carbons (Fsp3) is 0.438. The van der Waals surface area contributed by atoms with Gasteiger partial charge in [0.05, 0.1) is 5.69 Å². The average Bonchev–Trinajstić information content (AvgIpc) is 2.93. The highest BCUT2D eigenvalue weighted by molar-refractivity contribution is 6.30. The summed E-state index contributed by atoms with van der Waals surface area (Å²) < 4.78 is 7.64.